The summed E-state index contributed by atoms with van der Waals surface area (Å²) >= 11 is 0. The zero-order chi connectivity index (χ0) is 13.2. The summed E-state index contributed by atoms with van der Waals surface area (Å²) in [6.45, 7) is 16.4. The molecule has 1 aliphatic carbocycles. The van der Waals surface area contributed by atoms with E-state index >= 15 is 0 Å². The van der Waals surface area contributed by atoms with Crippen LogP contribution in [0.2, 0.25) is 0 Å². The third-order valence-corrected chi connectivity index (χ3v) is 4.52. The van der Waals surface area contributed by atoms with Crippen molar-refractivity contribution < 1.29 is 0 Å². The summed E-state index contributed by atoms with van der Waals surface area (Å²) < 4.78 is 0. The molecule has 0 spiro atoms. The zero-order valence-corrected chi connectivity index (χ0v) is 12.9. The fourth-order valence-corrected chi connectivity index (χ4v) is 2.86. The van der Waals surface area contributed by atoms with Crippen LogP contribution in [0, 0.1) is 17.3 Å². The number of allylic oxidation sites excluding steroid dienone is 4. The molecule has 0 aromatic rings. The molecule has 98 valence electrons. The fraction of sp³-hybridized carbons (Fsp3) is 0.765. The van der Waals surface area contributed by atoms with E-state index in [0.717, 1.165) is 5.92 Å². The third kappa shape index (κ3) is 3.24. The topological polar surface area (TPSA) is 0 Å². The smallest absolute Gasteiger partial charge is 0.0141 e. The molecule has 1 unspecified atom stereocenters. The molecule has 0 saturated carbocycles. The van der Waals surface area contributed by atoms with Crippen LogP contribution in [0.15, 0.2) is 22.8 Å². The summed E-state index contributed by atoms with van der Waals surface area (Å²) in [6, 6.07) is 0. The van der Waals surface area contributed by atoms with E-state index in [-0.39, 0.29) is 0 Å². The average Bonchev–Trinajstić information content (AvgIpc) is 2.24. The van der Waals surface area contributed by atoms with Gasteiger partial charge in [-0.15, -0.1) is 0 Å². The van der Waals surface area contributed by atoms with Crippen LogP contribution in [0.5, 0.6) is 0 Å². The molecule has 0 radical (unpaired) electrons. The fourth-order valence-electron chi connectivity index (χ4n) is 2.86. The van der Waals surface area contributed by atoms with E-state index in [0.29, 0.717) is 11.3 Å². The van der Waals surface area contributed by atoms with Gasteiger partial charge in [0.15, 0.2) is 0 Å². The van der Waals surface area contributed by atoms with Crippen molar-refractivity contribution in [1.29, 1.82) is 0 Å². The van der Waals surface area contributed by atoms with Gasteiger partial charge >= 0.3 is 0 Å². The van der Waals surface area contributed by atoms with Crippen LogP contribution in [0.1, 0.15) is 67.7 Å². The number of hydrogen-bond donors (Lipinski definition) is 0. The van der Waals surface area contributed by atoms with E-state index in [2.05, 4.69) is 54.5 Å². The van der Waals surface area contributed by atoms with Crippen molar-refractivity contribution in [2.24, 2.45) is 17.3 Å². The van der Waals surface area contributed by atoms with E-state index in [1.165, 1.54) is 19.3 Å². The predicted molar refractivity (Wildman–Crippen MR) is 78.1 cm³/mol. The van der Waals surface area contributed by atoms with E-state index in [4.69, 9.17) is 0 Å². The Balaban J connectivity index is 3.09. The molecule has 1 rings (SSSR count). The summed E-state index contributed by atoms with van der Waals surface area (Å²) in [5, 5.41) is 0. The monoisotopic (exact) mass is 234 g/mol. The van der Waals surface area contributed by atoms with Crippen molar-refractivity contribution >= 4 is 0 Å². The van der Waals surface area contributed by atoms with Gasteiger partial charge in [0.1, 0.15) is 0 Å². The zero-order valence-electron chi connectivity index (χ0n) is 12.9. The number of hydrogen-bond acceptors (Lipinski definition) is 0. The lowest BCUT2D eigenvalue weighted by molar-refractivity contribution is 0.284. The third-order valence-electron chi connectivity index (χ3n) is 4.52. The maximum atomic E-state index is 2.58. The van der Waals surface area contributed by atoms with Crippen LogP contribution in [0.4, 0.5) is 0 Å². The van der Waals surface area contributed by atoms with Crippen molar-refractivity contribution in [1.82, 2.24) is 0 Å². The molecule has 0 heteroatoms. The molecular formula is C17H30. The second kappa shape index (κ2) is 5.42. The minimum absolute atomic E-state index is 0.388. The quantitative estimate of drug-likeness (QED) is 0.583. The van der Waals surface area contributed by atoms with Crippen LogP contribution in [0.3, 0.4) is 0 Å². The summed E-state index contributed by atoms with van der Waals surface area (Å²) in [4.78, 5) is 0. The van der Waals surface area contributed by atoms with Gasteiger partial charge in [-0.25, -0.2) is 0 Å². The highest BCUT2D eigenvalue weighted by Gasteiger charge is 2.28. The Morgan fingerprint density at radius 1 is 1.18 bits per heavy atom. The SMILES string of the molecule is CCC(CC)C1=CC(C(C)(C)C)CC(C)=C1C. The van der Waals surface area contributed by atoms with Crippen molar-refractivity contribution in [2.75, 3.05) is 0 Å². The Morgan fingerprint density at radius 2 is 1.71 bits per heavy atom. The van der Waals surface area contributed by atoms with Gasteiger partial charge in [-0.2, -0.15) is 0 Å². The minimum Gasteiger partial charge on any atom is -0.0768 e. The van der Waals surface area contributed by atoms with E-state index in [9.17, 15) is 0 Å². The largest absolute Gasteiger partial charge is 0.0768 e. The minimum atomic E-state index is 0.388. The maximum Gasteiger partial charge on any atom is -0.0141 e. The van der Waals surface area contributed by atoms with Gasteiger partial charge in [-0.05, 0) is 61.5 Å². The van der Waals surface area contributed by atoms with Crippen LogP contribution in [-0.2, 0) is 0 Å². The van der Waals surface area contributed by atoms with Crippen LogP contribution in [0.25, 0.3) is 0 Å². The molecule has 0 amide bonds. The lowest BCUT2D eigenvalue weighted by Gasteiger charge is -2.35. The van der Waals surface area contributed by atoms with Gasteiger partial charge in [-0.3, -0.25) is 0 Å². The Labute approximate surface area is 108 Å². The van der Waals surface area contributed by atoms with E-state index in [1.807, 2.05) is 0 Å². The first-order valence-electron chi connectivity index (χ1n) is 7.19. The molecule has 1 atom stereocenters. The summed E-state index contributed by atoms with van der Waals surface area (Å²) in [5.41, 5.74) is 5.20. The molecule has 0 aromatic carbocycles. The molecule has 0 saturated heterocycles. The maximum absolute atomic E-state index is 2.58. The highest BCUT2D eigenvalue weighted by molar-refractivity contribution is 5.39. The molecule has 0 nitrogen and oxygen atoms in total. The normalized spacial score (nSPS) is 22.1. The van der Waals surface area contributed by atoms with Crippen molar-refractivity contribution in [3.05, 3.63) is 22.8 Å². The van der Waals surface area contributed by atoms with Crippen molar-refractivity contribution in [3.63, 3.8) is 0 Å². The molecule has 0 N–H and O–H groups in total. The Hall–Kier alpha value is -0.520. The molecule has 0 aliphatic heterocycles. The van der Waals surface area contributed by atoms with Gasteiger partial charge in [0.05, 0.1) is 0 Å². The molecule has 0 bridgehead atoms. The van der Waals surface area contributed by atoms with Gasteiger partial charge in [0, 0.05) is 0 Å². The Bertz CT molecular complexity index is 318. The second-order valence-corrected chi connectivity index (χ2v) is 6.72. The predicted octanol–water partition coefficient (Wildman–Crippen LogP) is 5.75. The lowest BCUT2D eigenvalue weighted by atomic mass is 9.70. The highest BCUT2D eigenvalue weighted by atomic mass is 14.3. The first kappa shape index (κ1) is 14.5. The summed E-state index contributed by atoms with van der Waals surface area (Å²) in [5.74, 6) is 1.47. The molecule has 0 aromatic heterocycles. The second-order valence-electron chi connectivity index (χ2n) is 6.72. The average molecular weight is 234 g/mol. The first-order chi connectivity index (χ1) is 7.81. The van der Waals surface area contributed by atoms with Crippen molar-refractivity contribution in [2.45, 2.75) is 67.7 Å². The van der Waals surface area contributed by atoms with Gasteiger partial charge in [-0.1, -0.05) is 46.3 Å². The summed E-state index contributed by atoms with van der Waals surface area (Å²) in [6.07, 6.45) is 6.37. The van der Waals surface area contributed by atoms with Gasteiger partial charge in [0.25, 0.3) is 0 Å². The molecule has 0 heterocycles. The first-order valence-corrected chi connectivity index (χ1v) is 7.19. The molecule has 1 aliphatic rings. The number of rotatable bonds is 3. The van der Waals surface area contributed by atoms with Crippen LogP contribution in [-0.4, -0.2) is 0 Å². The van der Waals surface area contributed by atoms with E-state index in [1.54, 1.807) is 16.7 Å². The van der Waals surface area contributed by atoms with E-state index < -0.39 is 0 Å². The standard InChI is InChI=1S/C17H30/c1-8-14(9-2)16-11-15(17(5,6)7)10-12(3)13(16)4/h11,14-15H,8-10H2,1-7H3. The molecule has 0 fully saturated rings. The Kier molecular flexibility index (Phi) is 4.63. The summed E-state index contributed by atoms with van der Waals surface area (Å²) in [7, 11) is 0. The lowest BCUT2D eigenvalue weighted by Crippen LogP contribution is -2.23. The van der Waals surface area contributed by atoms with Gasteiger partial charge in [0.2, 0.25) is 0 Å². The van der Waals surface area contributed by atoms with Crippen LogP contribution >= 0.6 is 0 Å². The molecule has 17 heavy (non-hydrogen) atoms. The highest BCUT2D eigenvalue weighted by Crippen LogP contribution is 2.41. The van der Waals surface area contributed by atoms with Crippen molar-refractivity contribution in [3.8, 4) is 0 Å². The molecular weight excluding hydrogens is 204 g/mol. The van der Waals surface area contributed by atoms with Crippen LogP contribution < -0.4 is 0 Å². The Morgan fingerprint density at radius 3 is 2.12 bits per heavy atom. The van der Waals surface area contributed by atoms with Gasteiger partial charge < -0.3 is 0 Å².